The number of rotatable bonds is 13. The smallest absolute Gasteiger partial charge is 0.306 e. The Morgan fingerprint density at radius 3 is 2.14 bits per heavy atom. The molecule has 0 heterocycles. The molecule has 124 valence electrons. The number of ether oxygens (including phenoxy) is 2. The van der Waals surface area contributed by atoms with E-state index >= 15 is 0 Å². The summed E-state index contributed by atoms with van der Waals surface area (Å²) in [6.07, 6.45) is 7.82. The number of carbonyl (C=O) groups excluding carboxylic acids is 2. The largest absolute Gasteiger partial charge is 0.462 e. The standard InChI is InChI=1S/C16H30O5/c1-3-5-6-7-8-9-10-11-16(19)21-14(12-17)13-20-15(18)4-2/h14,17H,3-13H2,1-2H3. The molecule has 0 bridgehead atoms. The van der Waals surface area contributed by atoms with Crippen LogP contribution in [0.5, 0.6) is 0 Å². The lowest BCUT2D eigenvalue weighted by Gasteiger charge is -2.15. The number of hydrogen-bond donors (Lipinski definition) is 1. The third-order valence-corrected chi connectivity index (χ3v) is 3.21. The van der Waals surface area contributed by atoms with E-state index in [-0.39, 0.29) is 31.6 Å². The second-order valence-corrected chi connectivity index (χ2v) is 5.20. The lowest BCUT2D eigenvalue weighted by Crippen LogP contribution is -2.28. The lowest BCUT2D eigenvalue weighted by atomic mass is 10.1. The Kier molecular flexibility index (Phi) is 13.1. The third kappa shape index (κ3) is 12.4. The van der Waals surface area contributed by atoms with Gasteiger partial charge in [-0.3, -0.25) is 9.59 Å². The molecule has 1 unspecified atom stereocenters. The first kappa shape index (κ1) is 19.9. The minimum absolute atomic E-state index is 0.0774. The number of hydrogen-bond acceptors (Lipinski definition) is 5. The zero-order valence-corrected chi connectivity index (χ0v) is 13.4. The molecule has 0 radical (unpaired) electrons. The molecule has 0 saturated carbocycles. The van der Waals surface area contributed by atoms with Crippen LogP contribution in [-0.4, -0.2) is 36.4 Å². The van der Waals surface area contributed by atoms with E-state index < -0.39 is 6.10 Å². The maximum absolute atomic E-state index is 11.6. The van der Waals surface area contributed by atoms with Gasteiger partial charge in [-0.25, -0.2) is 0 Å². The van der Waals surface area contributed by atoms with Crippen LogP contribution in [0.15, 0.2) is 0 Å². The summed E-state index contributed by atoms with van der Waals surface area (Å²) < 4.78 is 9.92. The quantitative estimate of drug-likeness (QED) is 0.418. The van der Waals surface area contributed by atoms with Gasteiger partial charge >= 0.3 is 11.9 Å². The zero-order valence-electron chi connectivity index (χ0n) is 13.4. The highest BCUT2D eigenvalue weighted by molar-refractivity contribution is 5.70. The van der Waals surface area contributed by atoms with Gasteiger partial charge in [0.25, 0.3) is 0 Å². The Labute approximate surface area is 128 Å². The zero-order chi connectivity index (χ0) is 15.9. The van der Waals surface area contributed by atoms with Crippen molar-refractivity contribution in [2.75, 3.05) is 13.2 Å². The van der Waals surface area contributed by atoms with Crippen LogP contribution in [0.2, 0.25) is 0 Å². The summed E-state index contributed by atoms with van der Waals surface area (Å²) in [5, 5.41) is 9.08. The van der Waals surface area contributed by atoms with Crippen LogP contribution in [0.1, 0.15) is 71.6 Å². The van der Waals surface area contributed by atoms with E-state index in [1.807, 2.05) is 0 Å². The van der Waals surface area contributed by atoms with Crippen molar-refractivity contribution in [3.05, 3.63) is 0 Å². The third-order valence-electron chi connectivity index (χ3n) is 3.21. The number of unbranched alkanes of at least 4 members (excludes halogenated alkanes) is 6. The minimum Gasteiger partial charge on any atom is -0.462 e. The summed E-state index contributed by atoms with van der Waals surface area (Å²) in [6, 6.07) is 0. The summed E-state index contributed by atoms with van der Waals surface area (Å²) >= 11 is 0. The van der Waals surface area contributed by atoms with Crippen molar-refractivity contribution >= 4 is 11.9 Å². The van der Waals surface area contributed by atoms with Gasteiger partial charge in [0, 0.05) is 12.8 Å². The highest BCUT2D eigenvalue weighted by atomic mass is 16.6. The van der Waals surface area contributed by atoms with Crippen molar-refractivity contribution in [2.45, 2.75) is 77.7 Å². The fourth-order valence-electron chi connectivity index (χ4n) is 1.88. The molecule has 0 rings (SSSR count). The molecule has 5 nitrogen and oxygen atoms in total. The molecular formula is C16H30O5. The highest BCUT2D eigenvalue weighted by Crippen LogP contribution is 2.09. The lowest BCUT2D eigenvalue weighted by molar-refractivity contribution is -0.161. The van der Waals surface area contributed by atoms with Crippen molar-refractivity contribution in [2.24, 2.45) is 0 Å². The van der Waals surface area contributed by atoms with Gasteiger partial charge in [0.05, 0.1) is 6.61 Å². The van der Waals surface area contributed by atoms with E-state index in [0.29, 0.717) is 6.42 Å². The fourth-order valence-corrected chi connectivity index (χ4v) is 1.88. The van der Waals surface area contributed by atoms with Crippen LogP contribution >= 0.6 is 0 Å². The van der Waals surface area contributed by atoms with E-state index in [1.54, 1.807) is 6.92 Å². The molecule has 0 aromatic heterocycles. The van der Waals surface area contributed by atoms with Gasteiger partial charge in [-0.05, 0) is 6.42 Å². The molecule has 0 amide bonds. The highest BCUT2D eigenvalue weighted by Gasteiger charge is 2.15. The molecule has 21 heavy (non-hydrogen) atoms. The monoisotopic (exact) mass is 302 g/mol. The summed E-state index contributed by atoms with van der Waals surface area (Å²) in [5.74, 6) is -0.702. The van der Waals surface area contributed by atoms with E-state index in [0.717, 1.165) is 19.3 Å². The first-order valence-electron chi connectivity index (χ1n) is 8.09. The maximum atomic E-state index is 11.6. The predicted octanol–water partition coefficient (Wildman–Crippen LogP) is 2.98. The van der Waals surface area contributed by atoms with Crippen molar-refractivity contribution in [1.29, 1.82) is 0 Å². The van der Waals surface area contributed by atoms with Crippen LogP contribution < -0.4 is 0 Å². The molecule has 0 aromatic carbocycles. The topological polar surface area (TPSA) is 72.8 Å². The second kappa shape index (κ2) is 13.9. The van der Waals surface area contributed by atoms with E-state index in [9.17, 15) is 9.59 Å². The average molecular weight is 302 g/mol. The number of carbonyl (C=O) groups is 2. The number of aliphatic hydroxyl groups is 1. The normalized spacial score (nSPS) is 12.0. The van der Waals surface area contributed by atoms with Crippen molar-refractivity contribution in [1.82, 2.24) is 0 Å². The SMILES string of the molecule is CCCCCCCCCC(=O)OC(CO)COC(=O)CC. The van der Waals surface area contributed by atoms with E-state index in [1.165, 1.54) is 25.7 Å². The summed E-state index contributed by atoms with van der Waals surface area (Å²) in [6.45, 7) is 3.46. The average Bonchev–Trinajstić information content (AvgIpc) is 2.50. The van der Waals surface area contributed by atoms with Crippen LogP contribution in [0, 0.1) is 0 Å². The first-order chi connectivity index (χ1) is 10.1. The Morgan fingerprint density at radius 2 is 1.57 bits per heavy atom. The Hall–Kier alpha value is -1.10. The second-order valence-electron chi connectivity index (χ2n) is 5.20. The summed E-state index contributed by atoms with van der Waals surface area (Å²) in [5.41, 5.74) is 0. The fraction of sp³-hybridized carbons (Fsp3) is 0.875. The molecular weight excluding hydrogens is 272 g/mol. The molecule has 0 saturated heterocycles. The Bertz CT molecular complexity index is 278. The van der Waals surface area contributed by atoms with E-state index in [4.69, 9.17) is 14.6 Å². The van der Waals surface area contributed by atoms with Gasteiger partial charge < -0.3 is 14.6 Å². The molecule has 0 aliphatic rings. The van der Waals surface area contributed by atoms with Gasteiger partial charge in [-0.2, -0.15) is 0 Å². The van der Waals surface area contributed by atoms with E-state index in [2.05, 4.69) is 6.92 Å². The van der Waals surface area contributed by atoms with Gasteiger partial charge in [0.1, 0.15) is 6.61 Å². The Balaban J connectivity index is 3.63. The van der Waals surface area contributed by atoms with Crippen LogP contribution in [0.3, 0.4) is 0 Å². The molecule has 5 heteroatoms. The molecule has 0 fully saturated rings. The van der Waals surface area contributed by atoms with Crippen LogP contribution in [0.25, 0.3) is 0 Å². The molecule has 0 spiro atoms. The van der Waals surface area contributed by atoms with Crippen molar-refractivity contribution in [3.8, 4) is 0 Å². The number of esters is 2. The number of aliphatic hydroxyl groups excluding tert-OH is 1. The Morgan fingerprint density at radius 1 is 0.952 bits per heavy atom. The van der Waals surface area contributed by atoms with Gasteiger partial charge in [-0.15, -0.1) is 0 Å². The van der Waals surface area contributed by atoms with Crippen molar-refractivity contribution < 1.29 is 24.2 Å². The molecule has 1 N–H and O–H groups in total. The molecule has 0 aliphatic heterocycles. The van der Waals surface area contributed by atoms with Gasteiger partial charge in [0.15, 0.2) is 6.10 Å². The minimum atomic E-state index is -0.752. The maximum Gasteiger partial charge on any atom is 0.306 e. The summed E-state index contributed by atoms with van der Waals surface area (Å²) in [4.78, 5) is 22.6. The van der Waals surface area contributed by atoms with Gasteiger partial charge in [-0.1, -0.05) is 52.4 Å². The first-order valence-corrected chi connectivity index (χ1v) is 8.09. The summed E-state index contributed by atoms with van der Waals surface area (Å²) in [7, 11) is 0. The van der Waals surface area contributed by atoms with Crippen LogP contribution in [0.4, 0.5) is 0 Å². The van der Waals surface area contributed by atoms with Gasteiger partial charge in [0.2, 0.25) is 0 Å². The molecule has 0 aromatic rings. The molecule has 1 atom stereocenters. The molecule has 0 aliphatic carbocycles. The van der Waals surface area contributed by atoms with Crippen LogP contribution in [-0.2, 0) is 19.1 Å². The van der Waals surface area contributed by atoms with Crippen molar-refractivity contribution in [3.63, 3.8) is 0 Å². The predicted molar refractivity (Wildman–Crippen MR) is 80.8 cm³/mol.